The number of rotatable bonds is 7. The van der Waals surface area contributed by atoms with Crippen molar-refractivity contribution < 1.29 is 52.8 Å². The zero-order valence-electron chi connectivity index (χ0n) is 26.4. The summed E-state index contributed by atoms with van der Waals surface area (Å²) < 4.78 is 39.4. The molecule has 3 unspecified atom stereocenters. The summed E-state index contributed by atoms with van der Waals surface area (Å²) in [7, 11) is 4.64. The lowest BCUT2D eigenvalue weighted by Crippen LogP contribution is -2.63. The molecular weight excluding hydrogens is 637 g/mol. The number of fused-ring (bicyclic) bond motifs is 3. The second-order valence-corrected chi connectivity index (χ2v) is 12.5. The summed E-state index contributed by atoms with van der Waals surface area (Å²) in [6, 6.07) is 4.71. The molecule has 15 heteroatoms. The topological polar surface area (TPSA) is 194 Å². The van der Waals surface area contributed by atoms with Crippen LogP contribution in [0.1, 0.15) is 46.4 Å². The Bertz CT molecular complexity index is 1790. The number of anilines is 1. The number of likely N-dealkylation sites (N-methyl/N-ethyl adjacent to an activating group) is 2. The van der Waals surface area contributed by atoms with Crippen molar-refractivity contribution in [2.45, 2.75) is 43.6 Å². The Kier molecular flexibility index (Phi) is 8.69. The van der Waals surface area contributed by atoms with Crippen LogP contribution in [0.2, 0.25) is 0 Å². The van der Waals surface area contributed by atoms with Crippen LogP contribution in [0.3, 0.4) is 0 Å². The van der Waals surface area contributed by atoms with Crippen LogP contribution in [0.4, 0.5) is 18.9 Å². The highest BCUT2D eigenvalue weighted by atomic mass is 19.4. The van der Waals surface area contributed by atoms with E-state index in [1.807, 2.05) is 0 Å². The Hall–Kier alpha value is -4.73. The number of hydrogen-bond donors (Lipinski definition) is 6. The molecule has 5 rings (SSSR count). The summed E-state index contributed by atoms with van der Waals surface area (Å²) in [6.45, 7) is 2.06. The zero-order valence-corrected chi connectivity index (χ0v) is 26.4. The smallest absolute Gasteiger partial charge is 0.416 e. The van der Waals surface area contributed by atoms with Gasteiger partial charge in [-0.3, -0.25) is 29.0 Å². The highest BCUT2D eigenvalue weighted by Crippen LogP contribution is 2.52. The van der Waals surface area contributed by atoms with Crippen molar-refractivity contribution in [1.29, 1.82) is 0 Å². The maximum Gasteiger partial charge on any atom is 0.416 e. The molecule has 256 valence electrons. The van der Waals surface area contributed by atoms with Gasteiger partial charge in [0.2, 0.25) is 11.7 Å². The number of hydrogen-bond acceptors (Lipinski definition) is 10. The predicted octanol–water partition coefficient (Wildman–Crippen LogP) is 2.77. The van der Waals surface area contributed by atoms with Crippen LogP contribution < -0.4 is 11.1 Å². The van der Waals surface area contributed by atoms with E-state index in [1.54, 1.807) is 18.9 Å². The molecule has 0 heterocycles. The summed E-state index contributed by atoms with van der Waals surface area (Å²) in [5.41, 5.74) is 0.461. The average Bonchev–Trinajstić information content (AvgIpc) is 2.99. The number of nitrogens with zero attached hydrogens (tertiary/aromatic N) is 2. The molecule has 0 saturated heterocycles. The van der Waals surface area contributed by atoms with E-state index >= 15 is 0 Å². The molecule has 0 saturated carbocycles. The number of primary amides is 1. The molecule has 0 radical (unpaired) electrons. The number of carbonyl (C=O) groups is 4. The number of ketones is 2. The first kappa shape index (κ1) is 34.6. The first-order valence-corrected chi connectivity index (χ1v) is 15.0. The quantitative estimate of drug-likeness (QED) is 0.188. The number of aliphatic hydroxyl groups is 3. The van der Waals surface area contributed by atoms with Crippen LogP contribution in [0.15, 0.2) is 59.1 Å². The van der Waals surface area contributed by atoms with E-state index in [0.717, 1.165) is 12.1 Å². The number of benzene rings is 2. The van der Waals surface area contributed by atoms with E-state index in [4.69, 9.17) is 5.73 Å². The van der Waals surface area contributed by atoms with Crippen molar-refractivity contribution in [3.05, 3.63) is 81.3 Å². The molecule has 48 heavy (non-hydrogen) atoms. The molecule has 2 amide bonds. The molecule has 7 N–H and O–H groups in total. The van der Waals surface area contributed by atoms with Crippen LogP contribution in [0.5, 0.6) is 5.75 Å². The Balaban J connectivity index is 1.53. The predicted molar refractivity (Wildman–Crippen MR) is 165 cm³/mol. The highest BCUT2D eigenvalue weighted by molar-refractivity contribution is 6.25. The fourth-order valence-electron chi connectivity index (χ4n) is 7.17. The molecule has 2 aromatic carbocycles. The van der Waals surface area contributed by atoms with E-state index in [-0.39, 0.29) is 35.2 Å². The first-order valence-electron chi connectivity index (χ1n) is 15.0. The largest absolute Gasteiger partial charge is 0.510 e. The van der Waals surface area contributed by atoms with Crippen molar-refractivity contribution >= 4 is 29.1 Å². The molecule has 0 bridgehead atoms. The van der Waals surface area contributed by atoms with Crippen molar-refractivity contribution in [3.63, 3.8) is 0 Å². The van der Waals surface area contributed by atoms with Gasteiger partial charge in [-0.1, -0.05) is 25.1 Å². The van der Waals surface area contributed by atoms with Crippen LogP contribution in [-0.4, -0.2) is 92.9 Å². The Morgan fingerprint density at radius 1 is 1.06 bits per heavy atom. The second-order valence-electron chi connectivity index (χ2n) is 12.5. The number of amides is 2. The molecule has 12 nitrogen and oxygen atoms in total. The van der Waals surface area contributed by atoms with Crippen molar-refractivity contribution in [3.8, 4) is 5.75 Å². The fourth-order valence-corrected chi connectivity index (χ4v) is 7.17. The molecular formula is C33H35F3N4O8. The lowest BCUT2D eigenvalue weighted by atomic mass is 9.58. The van der Waals surface area contributed by atoms with Gasteiger partial charge < -0.3 is 31.5 Å². The summed E-state index contributed by atoms with van der Waals surface area (Å²) in [5.74, 6) is -8.66. The Labute approximate surface area is 272 Å². The number of alkyl halides is 3. The van der Waals surface area contributed by atoms with Gasteiger partial charge in [-0.2, -0.15) is 13.2 Å². The van der Waals surface area contributed by atoms with Gasteiger partial charge in [0.25, 0.3) is 5.91 Å². The average molecular weight is 673 g/mol. The van der Waals surface area contributed by atoms with E-state index in [2.05, 4.69) is 5.32 Å². The first-order chi connectivity index (χ1) is 22.4. The third kappa shape index (κ3) is 5.31. The molecule has 2 aromatic rings. The van der Waals surface area contributed by atoms with Crippen molar-refractivity contribution in [2.24, 2.45) is 17.6 Å². The minimum Gasteiger partial charge on any atom is -0.510 e. The lowest BCUT2D eigenvalue weighted by molar-refractivity contribution is -0.148. The standard InChI is InChI=1S/C33H35F3N4O8/c1-5-40(4)23(14-6-9-17(10-7-14)33(34,35)36)31(47)38-19-11-8-15-12-16-13-18-24(39(2)3)27(43)22(30(37)46)29(45)32(18,48)28(44)21(16)26(42)20(15)25(19)41/h6-11,16,18,23-24,41,43-44,48H,5,12-13H2,1-4H3,(H2,37,46)(H,38,47)/t16?,18?,23?,24-,32-/m0/s1. The minimum absolute atomic E-state index is 0.0586. The van der Waals surface area contributed by atoms with E-state index < -0.39 is 87.5 Å². The number of aromatic hydroxyl groups is 1. The maximum absolute atomic E-state index is 14.0. The van der Waals surface area contributed by atoms with Crippen LogP contribution in [-0.2, 0) is 27.0 Å². The zero-order chi connectivity index (χ0) is 35.6. The number of aliphatic hydroxyl groups excluding tert-OH is 2. The number of carbonyl (C=O) groups excluding carboxylic acids is 4. The van der Waals surface area contributed by atoms with Crippen LogP contribution >= 0.6 is 0 Å². The van der Waals surface area contributed by atoms with Gasteiger partial charge in [0, 0.05) is 11.5 Å². The number of nitrogens with two attached hydrogens (primary N) is 1. The number of nitrogens with one attached hydrogen (secondary N) is 1. The molecule has 3 aliphatic carbocycles. The molecule has 3 aliphatic rings. The number of phenolic OH excluding ortho intramolecular Hbond substituents is 1. The van der Waals surface area contributed by atoms with Gasteiger partial charge in [-0.05, 0) is 75.8 Å². The van der Waals surface area contributed by atoms with Crippen LogP contribution in [0, 0.1) is 11.8 Å². The molecule has 0 aromatic heterocycles. The molecule has 0 spiro atoms. The van der Waals surface area contributed by atoms with Gasteiger partial charge >= 0.3 is 6.18 Å². The number of phenols is 1. The molecule has 5 atom stereocenters. The third-order valence-corrected chi connectivity index (χ3v) is 9.59. The number of halogens is 3. The highest BCUT2D eigenvalue weighted by Gasteiger charge is 2.63. The Morgan fingerprint density at radius 3 is 2.23 bits per heavy atom. The molecule has 0 fully saturated rings. The summed E-state index contributed by atoms with van der Waals surface area (Å²) in [6.07, 6.45) is -4.60. The minimum atomic E-state index is -4.58. The van der Waals surface area contributed by atoms with Gasteiger partial charge in [-0.15, -0.1) is 0 Å². The lowest BCUT2D eigenvalue weighted by Gasteiger charge is -2.50. The SMILES string of the molecule is CCN(C)C(C(=O)Nc1ccc2c(c1O)C(=O)C1=C(O)[C@]3(O)C(=O)C(C(N)=O)=C(O)[C@@H](N(C)C)C3CC1C2)c1ccc(C(F)(F)F)cc1. The second kappa shape index (κ2) is 12.1. The van der Waals surface area contributed by atoms with Crippen molar-refractivity contribution in [2.75, 3.05) is 33.0 Å². The summed E-state index contributed by atoms with van der Waals surface area (Å²) in [5, 5.41) is 47.9. The van der Waals surface area contributed by atoms with E-state index in [9.17, 15) is 52.8 Å². The maximum atomic E-state index is 14.0. The van der Waals surface area contributed by atoms with Gasteiger partial charge in [0.15, 0.2) is 17.1 Å². The third-order valence-electron chi connectivity index (χ3n) is 9.59. The number of allylic oxidation sites excluding steroid dienone is 1. The monoisotopic (exact) mass is 672 g/mol. The van der Waals surface area contributed by atoms with E-state index in [0.29, 0.717) is 12.1 Å². The van der Waals surface area contributed by atoms with Crippen LogP contribution in [0.25, 0.3) is 0 Å². The Morgan fingerprint density at radius 2 is 1.69 bits per heavy atom. The van der Waals surface area contributed by atoms with Gasteiger partial charge in [0.1, 0.15) is 23.1 Å². The number of Topliss-reactive ketones (excluding diaryl/α,β-unsaturated/α-hetero) is 2. The summed E-state index contributed by atoms with van der Waals surface area (Å²) >= 11 is 0. The summed E-state index contributed by atoms with van der Waals surface area (Å²) in [4.78, 5) is 56.2. The molecule has 0 aliphatic heterocycles. The van der Waals surface area contributed by atoms with Gasteiger partial charge in [0.05, 0.1) is 22.9 Å². The van der Waals surface area contributed by atoms with Gasteiger partial charge in [-0.25, -0.2) is 0 Å². The normalized spacial score (nSPS) is 24.8. The fraction of sp³-hybridized carbons (Fsp3) is 0.394. The van der Waals surface area contributed by atoms with E-state index in [1.165, 1.54) is 43.3 Å². The van der Waals surface area contributed by atoms with Crippen molar-refractivity contribution in [1.82, 2.24) is 9.80 Å².